The van der Waals surface area contributed by atoms with Crippen molar-refractivity contribution in [2.24, 2.45) is 11.3 Å². The molecule has 1 fully saturated rings. The molecular weight excluding hydrogens is 192 g/mol. The molecule has 1 aliphatic heterocycles. The molecule has 0 aliphatic carbocycles. The quantitative estimate of drug-likeness (QED) is 0.702. The number of rotatable bonds is 5. The van der Waals surface area contributed by atoms with Crippen LogP contribution in [0.15, 0.2) is 0 Å². The molecule has 0 aromatic rings. The fourth-order valence-corrected chi connectivity index (χ4v) is 1.93. The van der Waals surface area contributed by atoms with Crippen LogP contribution in [0.1, 0.15) is 34.1 Å². The largest absolute Gasteiger partial charge is 0.380 e. The Hall–Kier alpha value is -0.410. The van der Waals surface area contributed by atoms with Crippen molar-refractivity contribution >= 4 is 5.78 Å². The van der Waals surface area contributed by atoms with Gasteiger partial charge in [0.15, 0.2) is 0 Å². The zero-order valence-electron chi connectivity index (χ0n) is 10.2. The van der Waals surface area contributed by atoms with Crippen LogP contribution >= 0.6 is 0 Å². The van der Waals surface area contributed by atoms with Crippen molar-refractivity contribution in [3.8, 4) is 0 Å². The summed E-state index contributed by atoms with van der Waals surface area (Å²) in [7, 11) is 0. The maximum absolute atomic E-state index is 12.1. The van der Waals surface area contributed by atoms with E-state index in [1.54, 1.807) is 0 Å². The van der Waals surface area contributed by atoms with Crippen molar-refractivity contribution in [2.45, 2.75) is 40.2 Å². The molecule has 1 atom stereocenters. The SMILES string of the molecule is CC(C)OCC1(C(=O)C(C)C)CCOC1. The summed E-state index contributed by atoms with van der Waals surface area (Å²) in [5, 5.41) is 0. The number of hydrogen-bond acceptors (Lipinski definition) is 3. The minimum absolute atomic E-state index is 0.0578. The van der Waals surface area contributed by atoms with E-state index in [1.165, 1.54) is 0 Å². The van der Waals surface area contributed by atoms with E-state index < -0.39 is 0 Å². The van der Waals surface area contributed by atoms with E-state index >= 15 is 0 Å². The standard InChI is InChI=1S/C12H22O3/c1-9(2)11(13)12(5-6-14-7-12)8-15-10(3)4/h9-10H,5-8H2,1-4H3. The van der Waals surface area contributed by atoms with Gasteiger partial charge in [-0.3, -0.25) is 4.79 Å². The number of ether oxygens (including phenoxy) is 2. The zero-order chi connectivity index (χ0) is 11.5. The second-order valence-corrected chi connectivity index (χ2v) is 4.96. The summed E-state index contributed by atoms with van der Waals surface area (Å²) in [6.07, 6.45) is 0.971. The second kappa shape index (κ2) is 5.08. The van der Waals surface area contributed by atoms with Crippen molar-refractivity contribution in [3.05, 3.63) is 0 Å². The van der Waals surface area contributed by atoms with Gasteiger partial charge in [-0.05, 0) is 20.3 Å². The number of Topliss-reactive ketones (excluding diaryl/α,β-unsaturated/α-hetero) is 1. The van der Waals surface area contributed by atoms with Crippen LogP contribution in [0.2, 0.25) is 0 Å². The first kappa shape index (κ1) is 12.7. The molecule has 0 aromatic carbocycles. The third kappa shape index (κ3) is 3.02. The van der Waals surface area contributed by atoms with E-state index in [0.717, 1.165) is 6.42 Å². The number of carbonyl (C=O) groups is 1. The molecule has 1 aliphatic rings. The lowest BCUT2D eigenvalue weighted by atomic mass is 9.79. The summed E-state index contributed by atoms with van der Waals surface area (Å²) in [5.74, 6) is 0.336. The number of ketones is 1. The number of carbonyl (C=O) groups excluding carboxylic acids is 1. The minimum Gasteiger partial charge on any atom is -0.380 e. The summed E-state index contributed by atoms with van der Waals surface area (Å²) in [5.41, 5.74) is -0.377. The molecule has 0 radical (unpaired) electrons. The maximum atomic E-state index is 12.1. The van der Waals surface area contributed by atoms with Gasteiger partial charge < -0.3 is 9.47 Å². The smallest absolute Gasteiger partial charge is 0.146 e. The lowest BCUT2D eigenvalue weighted by Gasteiger charge is -2.28. The van der Waals surface area contributed by atoms with Gasteiger partial charge in [-0.15, -0.1) is 0 Å². The fraction of sp³-hybridized carbons (Fsp3) is 0.917. The van der Waals surface area contributed by atoms with Crippen molar-refractivity contribution < 1.29 is 14.3 Å². The monoisotopic (exact) mass is 214 g/mol. The van der Waals surface area contributed by atoms with Gasteiger partial charge in [-0.25, -0.2) is 0 Å². The zero-order valence-corrected chi connectivity index (χ0v) is 10.2. The normalized spacial score (nSPS) is 26.5. The van der Waals surface area contributed by atoms with Crippen LogP contribution < -0.4 is 0 Å². The Bertz CT molecular complexity index is 215. The lowest BCUT2D eigenvalue weighted by molar-refractivity contribution is -0.137. The van der Waals surface area contributed by atoms with Crippen LogP contribution in [-0.4, -0.2) is 31.7 Å². The maximum Gasteiger partial charge on any atom is 0.146 e. The number of hydrogen-bond donors (Lipinski definition) is 0. The second-order valence-electron chi connectivity index (χ2n) is 4.96. The highest BCUT2D eigenvalue weighted by atomic mass is 16.5. The van der Waals surface area contributed by atoms with Gasteiger partial charge in [0.1, 0.15) is 5.78 Å². The Morgan fingerprint density at radius 2 is 2.07 bits per heavy atom. The van der Waals surface area contributed by atoms with E-state index in [4.69, 9.17) is 9.47 Å². The molecule has 0 amide bonds. The summed E-state index contributed by atoms with van der Waals surface area (Å²) >= 11 is 0. The van der Waals surface area contributed by atoms with Crippen LogP contribution in [0.3, 0.4) is 0 Å². The molecule has 0 bridgehead atoms. The third-order valence-corrected chi connectivity index (χ3v) is 2.84. The van der Waals surface area contributed by atoms with Crippen LogP contribution in [-0.2, 0) is 14.3 Å². The van der Waals surface area contributed by atoms with Crippen molar-refractivity contribution in [1.29, 1.82) is 0 Å². The first-order chi connectivity index (χ1) is 6.98. The van der Waals surface area contributed by atoms with Gasteiger partial charge >= 0.3 is 0 Å². The summed E-state index contributed by atoms with van der Waals surface area (Å²) in [6, 6.07) is 0. The molecule has 1 rings (SSSR count). The van der Waals surface area contributed by atoms with E-state index in [0.29, 0.717) is 19.8 Å². The minimum atomic E-state index is -0.377. The molecular formula is C12H22O3. The average molecular weight is 214 g/mol. The van der Waals surface area contributed by atoms with Gasteiger partial charge in [0.2, 0.25) is 0 Å². The van der Waals surface area contributed by atoms with Crippen LogP contribution in [0.25, 0.3) is 0 Å². The topological polar surface area (TPSA) is 35.5 Å². The van der Waals surface area contributed by atoms with Crippen LogP contribution in [0, 0.1) is 11.3 Å². The highest BCUT2D eigenvalue weighted by Crippen LogP contribution is 2.33. The summed E-state index contributed by atoms with van der Waals surface area (Å²) in [6.45, 7) is 9.57. The Labute approximate surface area is 92.1 Å². The Kier molecular flexibility index (Phi) is 4.29. The molecule has 0 N–H and O–H groups in total. The van der Waals surface area contributed by atoms with Gasteiger partial charge in [-0.1, -0.05) is 13.8 Å². The van der Waals surface area contributed by atoms with E-state index in [-0.39, 0.29) is 23.2 Å². The molecule has 1 unspecified atom stereocenters. The predicted molar refractivity (Wildman–Crippen MR) is 58.8 cm³/mol. The molecule has 3 nitrogen and oxygen atoms in total. The van der Waals surface area contributed by atoms with Crippen LogP contribution in [0.4, 0.5) is 0 Å². The first-order valence-corrected chi connectivity index (χ1v) is 5.71. The summed E-state index contributed by atoms with van der Waals surface area (Å²) in [4.78, 5) is 12.1. The lowest BCUT2D eigenvalue weighted by Crippen LogP contribution is -2.40. The highest BCUT2D eigenvalue weighted by Gasteiger charge is 2.43. The van der Waals surface area contributed by atoms with Gasteiger partial charge in [0, 0.05) is 12.5 Å². The van der Waals surface area contributed by atoms with Crippen molar-refractivity contribution in [2.75, 3.05) is 19.8 Å². The van der Waals surface area contributed by atoms with Crippen LogP contribution in [0.5, 0.6) is 0 Å². The van der Waals surface area contributed by atoms with Gasteiger partial charge in [-0.2, -0.15) is 0 Å². The molecule has 1 heterocycles. The third-order valence-electron chi connectivity index (χ3n) is 2.84. The van der Waals surface area contributed by atoms with Gasteiger partial charge in [0.25, 0.3) is 0 Å². The molecule has 0 spiro atoms. The van der Waals surface area contributed by atoms with Crippen molar-refractivity contribution in [3.63, 3.8) is 0 Å². The molecule has 15 heavy (non-hydrogen) atoms. The highest BCUT2D eigenvalue weighted by molar-refractivity contribution is 5.87. The van der Waals surface area contributed by atoms with Crippen molar-refractivity contribution in [1.82, 2.24) is 0 Å². The molecule has 1 saturated heterocycles. The molecule has 0 aromatic heterocycles. The molecule has 0 saturated carbocycles. The molecule has 3 heteroatoms. The van der Waals surface area contributed by atoms with E-state index in [1.807, 2.05) is 27.7 Å². The first-order valence-electron chi connectivity index (χ1n) is 5.71. The Balaban J connectivity index is 2.66. The fourth-order valence-electron chi connectivity index (χ4n) is 1.93. The van der Waals surface area contributed by atoms with Gasteiger partial charge in [0.05, 0.1) is 24.7 Å². The van der Waals surface area contributed by atoms with E-state index in [2.05, 4.69) is 0 Å². The predicted octanol–water partition coefficient (Wildman–Crippen LogP) is 2.04. The Morgan fingerprint density at radius 1 is 1.40 bits per heavy atom. The summed E-state index contributed by atoms with van der Waals surface area (Å²) < 4.78 is 11.0. The molecule has 88 valence electrons. The Morgan fingerprint density at radius 3 is 2.47 bits per heavy atom. The van der Waals surface area contributed by atoms with E-state index in [9.17, 15) is 4.79 Å². The average Bonchev–Trinajstić information content (AvgIpc) is 2.63.